The molecule has 4 rings (SSSR count). The number of hydrogen-bond donors (Lipinski definition) is 0. The molecule has 25 heavy (non-hydrogen) atoms. The number of benzene rings is 1. The summed E-state index contributed by atoms with van der Waals surface area (Å²) in [4.78, 5) is 20.8. The lowest BCUT2D eigenvalue weighted by atomic mass is 10.1. The van der Waals surface area contributed by atoms with Gasteiger partial charge in [-0.15, -0.1) is 0 Å². The lowest BCUT2D eigenvalue weighted by Crippen LogP contribution is -2.48. The van der Waals surface area contributed by atoms with E-state index in [9.17, 15) is 4.79 Å². The largest absolute Gasteiger partial charge is 0.493 e. The van der Waals surface area contributed by atoms with E-state index in [4.69, 9.17) is 16.3 Å². The van der Waals surface area contributed by atoms with Crippen molar-refractivity contribution in [3.05, 3.63) is 58.4 Å². The minimum absolute atomic E-state index is 0.0264. The van der Waals surface area contributed by atoms with Crippen molar-refractivity contribution in [2.75, 3.05) is 32.8 Å². The van der Waals surface area contributed by atoms with Gasteiger partial charge in [0, 0.05) is 45.3 Å². The molecule has 0 radical (unpaired) electrons. The molecule has 1 aromatic heterocycles. The SMILES string of the molecule is O=C(c1ccc(Cl)nc1)N1CCN(Cc2ccc3c(c2)CCO3)CC1. The molecular weight excluding hydrogens is 338 g/mol. The van der Waals surface area contributed by atoms with E-state index in [1.807, 2.05) is 4.90 Å². The van der Waals surface area contributed by atoms with Gasteiger partial charge >= 0.3 is 0 Å². The molecule has 2 aliphatic heterocycles. The van der Waals surface area contributed by atoms with Gasteiger partial charge in [0.1, 0.15) is 10.9 Å². The molecule has 5 nitrogen and oxygen atoms in total. The summed E-state index contributed by atoms with van der Waals surface area (Å²) in [7, 11) is 0. The first kappa shape index (κ1) is 16.4. The fourth-order valence-electron chi connectivity index (χ4n) is 3.39. The fourth-order valence-corrected chi connectivity index (χ4v) is 3.50. The zero-order valence-electron chi connectivity index (χ0n) is 13.9. The second-order valence-corrected chi connectivity index (χ2v) is 6.87. The molecule has 0 saturated carbocycles. The Morgan fingerprint density at radius 3 is 2.76 bits per heavy atom. The zero-order chi connectivity index (χ0) is 17.2. The number of nitrogens with zero attached hydrogens (tertiary/aromatic N) is 3. The van der Waals surface area contributed by atoms with E-state index in [0.29, 0.717) is 10.7 Å². The number of amides is 1. The van der Waals surface area contributed by atoms with Gasteiger partial charge in [-0.05, 0) is 29.3 Å². The van der Waals surface area contributed by atoms with Crippen LogP contribution in [0.4, 0.5) is 0 Å². The number of aromatic nitrogens is 1. The third-order valence-corrected chi connectivity index (χ3v) is 5.02. The van der Waals surface area contributed by atoms with Crippen LogP contribution in [0.1, 0.15) is 21.5 Å². The second-order valence-electron chi connectivity index (χ2n) is 6.48. The highest BCUT2D eigenvalue weighted by atomic mass is 35.5. The first-order valence-electron chi connectivity index (χ1n) is 8.57. The van der Waals surface area contributed by atoms with Crippen molar-refractivity contribution in [3.63, 3.8) is 0 Å². The van der Waals surface area contributed by atoms with Crippen LogP contribution in [0, 0.1) is 0 Å². The number of pyridine rings is 1. The molecule has 2 aliphatic rings. The molecule has 3 heterocycles. The van der Waals surface area contributed by atoms with Gasteiger partial charge in [0.25, 0.3) is 5.91 Å². The van der Waals surface area contributed by atoms with Crippen LogP contribution in [0.2, 0.25) is 5.15 Å². The van der Waals surface area contributed by atoms with Crippen LogP contribution in [0.15, 0.2) is 36.5 Å². The summed E-state index contributed by atoms with van der Waals surface area (Å²) in [6, 6.07) is 9.85. The van der Waals surface area contributed by atoms with Gasteiger partial charge in [-0.2, -0.15) is 0 Å². The molecule has 1 fully saturated rings. The molecule has 1 saturated heterocycles. The first-order valence-corrected chi connectivity index (χ1v) is 8.94. The van der Waals surface area contributed by atoms with Crippen molar-refractivity contribution in [2.45, 2.75) is 13.0 Å². The quantitative estimate of drug-likeness (QED) is 0.792. The fraction of sp³-hybridized carbons (Fsp3) is 0.368. The summed E-state index contributed by atoms with van der Waals surface area (Å²) in [6.07, 6.45) is 2.55. The molecule has 0 aliphatic carbocycles. The molecular formula is C19H20ClN3O2. The standard InChI is InChI=1S/C19H20ClN3O2/c20-18-4-2-16(12-21-18)19(24)23-8-6-22(7-9-23)13-14-1-3-17-15(11-14)5-10-25-17/h1-4,11-12H,5-10,13H2. The van der Waals surface area contributed by atoms with Gasteiger partial charge in [-0.1, -0.05) is 23.7 Å². The Morgan fingerprint density at radius 1 is 1.16 bits per heavy atom. The maximum atomic E-state index is 12.5. The summed E-state index contributed by atoms with van der Waals surface area (Å²) >= 11 is 5.78. The summed E-state index contributed by atoms with van der Waals surface area (Å²) in [5.74, 6) is 1.05. The maximum absolute atomic E-state index is 12.5. The van der Waals surface area contributed by atoms with Crippen molar-refractivity contribution in [3.8, 4) is 5.75 Å². The van der Waals surface area contributed by atoms with Gasteiger partial charge in [-0.25, -0.2) is 4.98 Å². The third-order valence-electron chi connectivity index (χ3n) is 4.79. The van der Waals surface area contributed by atoms with E-state index >= 15 is 0 Å². The minimum atomic E-state index is 0.0264. The number of fused-ring (bicyclic) bond motifs is 1. The van der Waals surface area contributed by atoms with E-state index < -0.39 is 0 Å². The Hall–Kier alpha value is -2.11. The lowest BCUT2D eigenvalue weighted by molar-refractivity contribution is 0.0628. The topological polar surface area (TPSA) is 45.7 Å². The Morgan fingerprint density at radius 2 is 2.00 bits per heavy atom. The zero-order valence-corrected chi connectivity index (χ0v) is 14.7. The van der Waals surface area contributed by atoms with Crippen molar-refractivity contribution >= 4 is 17.5 Å². The molecule has 0 atom stereocenters. The van der Waals surface area contributed by atoms with Gasteiger partial charge in [0.15, 0.2) is 0 Å². The predicted molar refractivity (Wildman–Crippen MR) is 96.1 cm³/mol. The number of rotatable bonds is 3. The van der Waals surface area contributed by atoms with E-state index in [0.717, 1.165) is 51.5 Å². The Kier molecular flexibility index (Phi) is 4.59. The molecule has 0 unspecified atom stereocenters. The van der Waals surface area contributed by atoms with E-state index in [2.05, 4.69) is 28.1 Å². The lowest BCUT2D eigenvalue weighted by Gasteiger charge is -2.34. The van der Waals surface area contributed by atoms with Crippen LogP contribution in [0.25, 0.3) is 0 Å². The number of halogens is 1. The van der Waals surface area contributed by atoms with Crippen LogP contribution in [-0.2, 0) is 13.0 Å². The monoisotopic (exact) mass is 357 g/mol. The minimum Gasteiger partial charge on any atom is -0.493 e. The number of carbonyl (C=O) groups excluding carboxylic acids is 1. The van der Waals surface area contributed by atoms with Crippen LogP contribution < -0.4 is 4.74 Å². The molecule has 2 aromatic rings. The van der Waals surface area contributed by atoms with Crippen molar-refractivity contribution in [2.24, 2.45) is 0 Å². The molecule has 130 valence electrons. The van der Waals surface area contributed by atoms with E-state index in [1.165, 1.54) is 11.1 Å². The normalized spacial score (nSPS) is 17.2. The molecule has 0 bridgehead atoms. The average molecular weight is 358 g/mol. The van der Waals surface area contributed by atoms with Crippen LogP contribution in [0.3, 0.4) is 0 Å². The summed E-state index contributed by atoms with van der Waals surface area (Å²) in [6.45, 7) is 4.92. The van der Waals surface area contributed by atoms with Crippen LogP contribution >= 0.6 is 11.6 Å². The van der Waals surface area contributed by atoms with Crippen molar-refractivity contribution < 1.29 is 9.53 Å². The van der Waals surface area contributed by atoms with Gasteiger partial charge in [0.2, 0.25) is 0 Å². The Bertz CT molecular complexity index is 771. The van der Waals surface area contributed by atoms with Crippen LogP contribution in [-0.4, -0.2) is 53.5 Å². The summed E-state index contributed by atoms with van der Waals surface area (Å²) < 4.78 is 5.56. The van der Waals surface area contributed by atoms with Gasteiger partial charge in [0.05, 0.1) is 12.2 Å². The number of carbonyl (C=O) groups is 1. The maximum Gasteiger partial charge on any atom is 0.255 e. The highest BCUT2D eigenvalue weighted by molar-refractivity contribution is 6.29. The average Bonchev–Trinajstić information content (AvgIpc) is 3.10. The van der Waals surface area contributed by atoms with Crippen molar-refractivity contribution in [1.82, 2.24) is 14.8 Å². The molecule has 0 spiro atoms. The number of hydrogen-bond acceptors (Lipinski definition) is 4. The second kappa shape index (κ2) is 7.02. The molecule has 0 N–H and O–H groups in total. The number of piperazine rings is 1. The highest BCUT2D eigenvalue weighted by Gasteiger charge is 2.22. The third kappa shape index (κ3) is 3.62. The highest BCUT2D eigenvalue weighted by Crippen LogP contribution is 2.26. The molecule has 1 aromatic carbocycles. The first-order chi connectivity index (χ1) is 12.2. The predicted octanol–water partition coefficient (Wildman–Crippen LogP) is 2.63. The van der Waals surface area contributed by atoms with E-state index in [-0.39, 0.29) is 5.91 Å². The van der Waals surface area contributed by atoms with E-state index in [1.54, 1.807) is 18.3 Å². The van der Waals surface area contributed by atoms with Gasteiger partial charge < -0.3 is 9.64 Å². The molecule has 1 amide bonds. The summed E-state index contributed by atoms with van der Waals surface area (Å²) in [5.41, 5.74) is 3.21. The smallest absolute Gasteiger partial charge is 0.255 e. The van der Waals surface area contributed by atoms with Gasteiger partial charge in [-0.3, -0.25) is 9.69 Å². The Labute approximate surface area is 152 Å². The Balaban J connectivity index is 1.33. The number of ether oxygens (including phenoxy) is 1. The van der Waals surface area contributed by atoms with Crippen molar-refractivity contribution in [1.29, 1.82) is 0 Å². The summed E-state index contributed by atoms with van der Waals surface area (Å²) in [5, 5.41) is 0.404. The van der Waals surface area contributed by atoms with Crippen LogP contribution in [0.5, 0.6) is 5.75 Å². The molecule has 6 heteroatoms.